The summed E-state index contributed by atoms with van der Waals surface area (Å²) in [6.45, 7) is 5.23. The number of hydrogen-bond donors (Lipinski definition) is 3. The van der Waals surface area contributed by atoms with Crippen LogP contribution in [-0.4, -0.2) is 33.3 Å². The number of rotatable bonds is 5. The molecule has 2 unspecified atom stereocenters. The average Bonchev–Trinajstić information content (AvgIpc) is 3.15. The van der Waals surface area contributed by atoms with Crippen LogP contribution in [-0.2, 0) is 11.3 Å². The van der Waals surface area contributed by atoms with E-state index in [0.29, 0.717) is 13.1 Å². The minimum atomic E-state index is -0.228. The van der Waals surface area contributed by atoms with Crippen molar-refractivity contribution in [3.05, 3.63) is 47.5 Å². The number of carbonyl (C=O) groups is 1. The van der Waals surface area contributed by atoms with Crippen LogP contribution in [0.2, 0.25) is 0 Å². The van der Waals surface area contributed by atoms with Crippen LogP contribution in [0.5, 0.6) is 0 Å². The summed E-state index contributed by atoms with van der Waals surface area (Å²) >= 11 is 0. The standard InChI is InChI=1S/C16H22N6O/c1-11-9-12(2)22(21-11)8-7-18-16(23)15-10-14(19-20-15)13-3-5-17-6-4-13/h3-6,9,14-15,19-20H,7-8,10H2,1-2H3,(H,18,23). The van der Waals surface area contributed by atoms with E-state index in [9.17, 15) is 4.79 Å². The number of hydrogen-bond acceptors (Lipinski definition) is 5. The van der Waals surface area contributed by atoms with Crippen LogP contribution in [0.15, 0.2) is 30.6 Å². The Morgan fingerprint density at radius 3 is 2.83 bits per heavy atom. The summed E-state index contributed by atoms with van der Waals surface area (Å²) in [6, 6.07) is 5.85. The summed E-state index contributed by atoms with van der Waals surface area (Å²) in [5.74, 6) is 0.00980. The van der Waals surface area contributed by atoms with Crippen molar-refractivity contribution in [3.8, 4) is 0 Å². The zero-order valence-corrected chi connectivity index (χ0v) is 13.4. The monoisotopic (exact) mass is 314 g/mol. The maximum Gasteiger partial charge on any atom is 0.238 e. The van der Waals surface area contributed by atoms with Gasteiger partial charge in [-0.05, 0) is 44.0 Å². The van der Waals surface area contributed by atoms with Gasteiger partial charge in [0.15, 0.2) is 0 Å². The molecule has 7 nitrogen and oxygen atoms in total. The number of aromatic nitrogens is 3. The van der Waals surface area contributed by atoms with E-state index in [1.54, 1.807) is 12.4 Å². The summed E-state index contributed by atoms with van der Waals surface area (Å²) in [6.07, 6.45) is 4.24. The summed E-state index contributed by atoms with van der Waals surface area (Å²) < 4.78 is 1.91. The van der Waals surface area contributed by atoms with Gasteiger partial charge in [0.25, 0.3) is 0 Å². The molecule has 1 aliphatic heterocycles. The van der Waals surface area contributed by atoms with Gasteiger partial charge >= 0.3 is 0 Å². The minimum absolute atomic E-state index is 0.00980. The normalized spacial score (nSPS) is 20.6. The van der Waals surface area contributed by atoms with E-state index in [1.807, 2.05) is 36.7 Å². The zero-order valence-electron chi connectivity index (χ0n) is 13.4. The summed E-state index contributed by atoms with van der Waals surface area (Å²) in [4.78, 5) is 16.3. The number of amides is 1. The van der Waals surface area contributed by atoms with Gasteiger partial charge in [-0.1, -0.05) is 0 Å². The van der Waals surface area contributed by atoms with Crippen LogP contribution < -0.4 is 16.2 Å². The molecule has 1 aliphatic rings. The lowest BCUT2D eigenvalue weighted by molar-refractivity contribution is -0.122. The van der Waals surface area contributed by atoms with Crippen LogP contribution >= 0.6 is 0 Å². The van der Waals surface area contributed by atoms with Crippen LogP contribution in [0, 0.1) is 13.8 Å². The molecule has 7 heteroatoms. The zero-order chi connectivity index (χ0) is 16.2. The summed E-state index contributed by atoms with van der Waals surface area (Å²) in [7, 11) is 0. The van der Waals surface area contributed by atoms with E-state index < -0.39 is 0 Å². The molecule has 2 atom stereocenters. The Kier molecular flexibility index (Phi) is 4.68. The number of hydrazine groups is 1. The highest BCUT2D eigenvalue weighted by molar-refractivity contribution is 5.82. The molecule has 3 rings (SSSR count). The smallest absolute Gasteiger partial charge is 0.238 e. The Balaban J connectivity index is 1.47. The van der Waals surface area contributed by atoms with Crippen LogP contribution in [0.1, 0.15) is 29.4 Å². The van der Waals surface area contributed by atoms with Gasteiger partial charge in [0.1, 0.15) is 6.04 Å². The predicted molar refractivity (Wildman–Crippen MR) is 86.4 cm³/mol. The van der Waals surface area contributed by atoms with Gasteiger partial charge in [-0.15, -0.1) is 0 Å². The maximum atomic E-state index is 12.2. The van der Waals surface area contributed by atoms with Crippen molar-refractivity contribution in [2.45, 2.75) is 38.9 Å². The third-order valence-corrected chi connectivity index (χ3v) is 4.05. The molecule has 3 N–H and O–H groups in total. The first-order chi connectivity index (χ1) is 11.1. The number of nitrogens with one attached hydrogen (secondary N) is 3. The Hall–Kier alpha value is -2.25. The highest BCUT2D eigenvalue weighted by atomic mass is 16.2. The van der Waals surface area contributed by atoms with Crippen molar-refractivity contribution in [2.75, 3.05) is 6.54 Å². The molecule has 0 aromatic carbocycles. The van der Waals surface area contributed by atoms with Gasteiger partial charge in [-0.2, -0.15) is 5.10 Å². The molecule has 0 aliphatic carbocycles. The molecule has 1 fully saturated rings. The fraction of sp³-hybridized carbons (Fsp3) is 0.438. The molecule has 122 valence electrons. The first kappa shape index (κ1) is 15.6. The van der Waals surface area contributed by atoms with Gasteiger partial charge in [0.05, 0.1) is 12.2 Å². The lowest BCUT2D eigenvalue weighted by atomic mass is 10.0. The number of nitrogens with zero attached hydrogens (tertiary/aromatic N) is 3. The van der Waals surface area contributed by atoms with E-state index in [4.69, 9.17) is 0 Å². The first-order valence-corrected chi connectivity index (χ1v) is 7.83. The van der Waals surface area contributed by atoms with Crippen LogP contribution in [0.4, 0.5) is 0 Å². The van der Waals surface area contributed by atoms with Crippen molar-refractivity contribution < 1.29 is 4.79 Å². The number of carbonyl (C=O) groups excluding carboxylic acids is 1. The first-order valence-electron chi connectivity index (χ1n) is 7.83. The molecule has 0 spiro atoms. The van der Waals surface area contributed by atoms with Crippen molar-refractivity contribution in [1.82, 2.24) is 30.9 Å². The highest BCUT2D eigenvalue weighted by Crippen LogP contribution is 2.21. The molecule has 3 heterocycles. The quantitative estimate of drug-likeness (QED) is 0.753. The molecule has 2 aromatic heterocycles. The Labute approximate surface area is 135 Å². The van der Waals surface area contributed by atoms with E-state index in [2.05, 4.69) is 26.3 Å². The van der Waals surface area contributed by atoms with Crippen molar-refractivity contribution in [1.29, 1.82) is 0 Å². The molecular formula is C16H22N6O. The third-order valence-electron chi connectivity index (χ3n) is 4.05. The van der Waals surface area contributed by atoms with E-state index in [1.165, 1.54) is 0 Å². The Bertz CT molecular complexity index is 668. The Morgan fingerprint density at radius 1 is 1.35 bits per heavy atom. The third kappa shape index (κ3) is 3.75. The fourth-order valence-corrected chi connectivity index (χ4v) is 2.85. The topological polar surface area (TPSA) is 83.9 Å². The lowest BCUT2D eigenvalue weighted by Gasteiger charge is -2.11. The second-order valence-electron chi connectivity index (χ2n) is 5.85. The Morgan fingerprint density at radius 2 is 2.13 bits per heavy atom. The number of pyridine rings is 1. The largest absolute Gasteiger partial charge is 0.353 e. The van der Waals surface area contributed by atoms with Gasteiger partial charge in [0, 0.05) is 30.7 Å². The molecule has 2 aromatic rings. The summed E-state index contributed by atoms with van der Waals surface area (Å²) in [5.41, 5.74) is 9.47. The molecule has 0 saturated carbocycles. The van der Waals surface area contributed by atoms with Crippen molar-refractivity contribution in [3.63, 3.8) is 0 Å². The highest BCUT2D eigenvalue weighted by Gasteiger charge is 2.29. The number of aryl methyl sites for hydroxylation is 2. The van der Waals surface area contributed by atoms with Gasteiger partial charge in [0.2, 0.25) is 5.91 Å². The van der Waals surface area contributed by atoms with Crippen molar-refractivity contribution in [2.24, 2.45) is 0 Å². The fourth-order valence-electron chi connectivity index (χ4n) is 2.85. The predicted octanol–water partition coefficient (Wildman–Crippen LogP) is 0.619. The van der Waals surface area contributed by atoms with Gasteiger partial charge in [-0.25, -0.2) is 10.9 Å². The van der Waals surface area contributed by atoms with Gasteiger partial charge < -0.3 is 5.32 Å². The molecule has 0 radical (unpaired) electrons. The minimum Gasteiger partial charge on any atom is -0.353 e. The van der Waals surface area contributed by atoms with Gasteiger partial charge in [-0.3, -0.25) is 14.5 Å². The average molecular weight is 314 g/mol. The van der Waals surface area contributed by atoms with Crippen molar-refractivity contribution >= 4 is 5.91 Å². The molecule has 23 heavy (non-hydrogen) atoms. The van der Waals surface area contributed by atoms with Crippen LogP contribution in [0.3, 0.4) is 0 Å². The lowest BCUT2D eigenvalue weighted by Crippen LogP contribution is -2.44. The second-order valence-corrected chi connectivity index (χ2v) is 5.85. The SMILES string of the molecule is Cc1cc(C)n(CCNC(=O)C2CC(c3ccncc3)NN2)n1. The second kappa shape index (κ2) is 6.89. The molecule has 1 saturated heterocycles. The van der Waals surface area contributed by atoms with E-state index in [0.717, 1.165) is 23.4 Å². The van der Waals surface area contributed by atoms with Crippen LogP contribution in [0.25, 0.3) is 0 Å². The summed E-state index contributed by atoms with van der Waals surface area (Å²) in [5, 5.41) is 7.35. The molecule has 0 bridgehead atoms. The van der Waals surface area contributed by atoms with E-state index >= 15 is 0 Å². The molecule has 1 amide bonds. The molecular weight excluding hydrogens is 292 g/mol. The van der Waals surface area contributed by atoms with E-state index in [-0.39, 0.29) is 18.0 Å². The maximum absolute atomic E-state index is 12.2.